The smallest absolute Gasteiger partial charge is 0.254 e. The van der Waals surface area contributed by atoms with Crippen molar-refractivity contribution in [1.82, 2.24) is 9.80 Å². The van der Waals surface area contributed by atoms with Crippen LogP contribution in [0.15, 0.2) is 78.9 Å². The van der Waals surface area contributed by atoms with Crippen LogP contribution in [0.25, 0.3) is 6.08 Å². The van der Waals surface area contributed by atoms with Gasteiger partial charge in [0, 0.05) is 49.5 Å². The van der Waals surface area contributed by atoms with E-state index in [0.29, 0.717) is 49.0 Å². The molecule has 2 fully saturated rings. The second-order valence-corrected chi connectivity index (χ2v) is 12.0. The van der Waals surface area contributed by atoms with E-state index in [2.05, 4.69) is 10.2 Å². The number of anilines is 3. The lowest BCUT2D eigenvalue weighted by Gasteiger charge is -2.36. The second-order valence-electron chi connectivity index (χ2n) is 12.0. The van der Waals surface area contributed by atoms with Gasteiger partial charge in [-0.05, 0) is 73.0 Å². The average Bonchev–Trinajstić information content (AvgIpc) is 3.11. The van der Waals surface area contributed by atoms with Gasteiger partial charge >= 0.3 is 0 Å². The number of ether oxygens (including phenoxy) is 2. The van der Waals surface area contributed by atoms with Crippen molar-refractivity contribution < 1.29 is 23.9 Å². The summed E-state index contributed by atoms with van der Waals surface area (Å²) >= 11 is 0. The molecule has 1 heterocycles. The normalized spacial score (nSPS) is 15.7. The minimum Gasteiger partial charge on any atom is -0.497 e. The maximum absolute atomic E-state index is 14.2. The first kappa shape index (κ1) is 33.7. The number of nitrogens with one attached hydrogen (secondary N) is 1. The fourth-order valence-electron chi connectivity index (χ4n) is 6.10. The van der Waals surface area contributed by atoms with Crippen molar-refractivity contribution >= 4 is 40.9 Å². The number of benzene rings is 3. The Morgan fingerprint density at radius 2 is 1.66 bits per heavy atom. The molecule has 1 aliphatic heterocycles. The maximum atomic E-state index is 14.2. The summed E-state index contributed by atoms with van der Waals surface area (Å²) in [5.41, 5.74) is 9.12. The molecule has 1 saturated carbocycles. The number of nitrogens with zero attached hydrogens (tertiary/aromatic N) is 3. The first-order valence-electron chi connectivity index (χ1n) is 16.4. The summed E-state index contributed by atoms with van der Waals surface area (Å²) < 4.78 is 10.8. The predicted octanol–water partition coefficient (Wildman–Crippen LogP) is 5.07. The zero-order valence-electron chi connectivity index (χ0n) is 27.1. The number of para-hydroxylation sites is 2. The molecule has 0 unspecified atom stereocenters. The van der Waals surface area contributed by atoms with E-state index in [-0.39, 0.29) is 30.3 Å². The van der Waals surface area contributed by atoms with Gasteiger partial charge in [0.1, 0.15) is 12.3 Å². The van der Waals surface area contributed by atoms with Crippen molar-refractivity contribution in [3.8, 4) is 5.75 Å². The molecule has 1 saturated heterocycles. The van der Waals surface area contributed by atoms with Gasteiger partial charge in [0.25, 0.3) is 5.91 Å². The van der Waals surface area contributed by atoms with Gasteiger partial charge in [-0.15, -0.1) is 0 Å². The highest BCUT2D eigenvalue weighted by Crippen LogP contribution is 2.29. The van der Waals surface area contributed by atoms with Gasteiger partial charge in [-0.2, -0.15) is 0 Å². The number of hydrogen-bond acceptors (Lipinski definition) is 7. The Morgan fingerprint density at radius 1 is 0.957 bits per heavy atom. The van der Waals surface area contributed by atoms with Crippen molar-refractivity contribution in [1.29, 1.82) is 0 Å². The van der Waals surface area contributed by atoms with Gasteiger partial charge in [-0.3, -0.25) is 19.3 Å². The van der Waals surface area contributed by atoms with Crippen molar-refractivity contribution in [3.05, 3.63) is 90.0 Å². The summed E-state index contributed by atoms with van der Waals surface area (Å²) in [6.07, 6.45) is 8.28. The molecule has 2 aliphatic rings. The van der Waals surface area contributed by atoms with Gasteiger partial charge in [0.2, 0.25) is 11.8 Å². The zero-order chi connectivity index (χ0) is 33.0. The molecule has 1 aliphatic carbocycles. The van der Waals surface area contributed by atoms with E-state index in [1.165, 1.54) is 6.08 Å². The standard InChI is InChI=1S/C37H45N5O5/c1-46-32-18-14-29(15-19-32)37(45)41(22-21-40-23-25-47-26-24-40)27-36(44)42(30-7-3-2-4-8-30)31-16-11-28(12-17-31)13-20-35(43)39-34-10-6-5-9-33(34)38/h5-6,9-20,30H,2-4,7-8,21-27,38H2,1H3,(H,39,43)/b20-13+. The number of amides is 3. The fraction of sp³-hybridized carbons (Fsp3) is 0.378. The second kappa shape index (κ2) is 16.8. The molecule has 3 aromatic rings. The molecule has 10 nitrogen and oxygen atoms in total. The van der Waals surface area contributed by atoms with Crippen molar-refractivity contribution in [2.45, 2.75) is 38.1 Å². The summed E-state index contributed by atoms with van der Waals surface area (Å²) in [4.78, 5) is 46.4. The molecule has 3 aromatic carbocycles. The molecule has 0 atom stereocenters. The first-order chi connectivity index (χ1) is 22.9. The molecule has 0 bridgehead atoms. The van der Waals surface area contributed by atoms with Crippen molar-refractivity contribution in [2.24, 2.45) is 0 Å². The van der Waals surface area contributed by atoms with E-state index >= 15 is 0 Å². The number of carbonyl (C=O) groups excluding carboxylic acids is 3. The van der Waals surface area contributed by atoms with Gasteiger partial charge in [-0.25, -0.2) is 0 Å². The van der Waals surface area contributed by atoms with Gasteiger partial charge in [0.15, 0.2) is 0 Å². The monoisotopic (exact) mass is 639 g/mol. The number of hydrogen-bond donors (Lipinski definition) is 2. The largest absolute Gasteiger partial charge is 0.497 e. The number of methoxy groups -OCH3 is 1. The average molecular weight is 640 g/mol. The summed E-state index contributed by atoms with van der Waals surface area (Å²) in [5.74, 6) is 0.0863. The van der Waals surface area contributed by atoms with E-state index in [1.807, 2.05) is 41.3 Å². The molecule has 47 heavy (non-hydrogen) atoms. The third-order valence-corrected chi connectivity index (χ3v) is 8.77. The summed E-state index contributed by atoms with van der Waals surface area (Å²) in [7, 11) is 1.59. The van der Waals surface area contributed by atoms with Crippen LogP contribution in [0.3, 0.4) is 0 Å². The van der Waals surface area contributed by atoms with Gasteiger partial charge in [-0.1, -0.05) is 43.5 Å². The molecule has 248 valence electrons. The van der Waals surface area contributed by atoms with E-state index in [4.69, 9.17) is 15.2 Å². The van der Waals surface area contributed by atoms with Crippen LogP contribution in [0.5, 0.6) is 5.75 Å². The summed E-state index contributed by atoms with van der Waals surface area (Å²) in [5, 5.41) is 2.79. The molecule has 0 radical (unpaired) electrons. The minimum atomic E-state index is -0.287. The van der Waals surface area contributed by atoms with Crippen LogP contribution >= 0.6 is 0 Å². The molecule has 3 amide bonds. The Kier molecular flexibility index (Phi) is 12.0. The number of nitrogens with two attached hydrogens (primary N) is 1. The van der Waals surface area contributed by atoms with Crippen molar-refractivity contribution in [3.63, 3.8) is 0 Å². The summed E-state index contributed by atoms with van der Waals surface area (Å²) in [6, 6.07) is 21.8. The lowest BCUT2D eigenvalue weighted by Crippen LogP contribution is -2.50. The molecule has 0 spiro atoms. The fourth-order valence-corrected chi connectivity index (χ4v) is 6.10. The van der Waals surface area contributed by atoms with Gasteiger partial charge < -0.3 is 30.3 Å². The number of rotatable bonds is 12. The van der Waals surface area contributed by atoms with Gasteiger partial charge in [0.05, 0.1) is 31.7 Å². The highest BCUT2D eigenvalue weighted by atomic mass is 16.5. The molecular formula is C37H45N5O5. The topological polar surface area (TPSA) is 117 Å². The Hall–Kier alpha value is -4.67. The third kappa shape index (κ3) is 9.43. The zero-order valence-corrected chi connectivity index (χ0v) is 27.1. The van der Waals surface area contributed by atoms with Crippen LogP contribution in [-0.4, -0.2) is 86.6 Å². The first-order valence-corrected chi connectivity index (χ1v) is 16.4. The third-order valence-electron chi connectivity index (χ3n) is 8.77. The number of carbonyl (C=O) groups is 3. The SMILES string of the molecule is COc1ccc(C(=O)N(CCN2CCOCC2)CC(=O)N(c2ccc(/C=C/C(=O)Nc3ccccc3N)cc2)C2CCCCC2)cc1. The number of morpholine rings is 1. The minimum absolute atomic E-state index is 0.0316. The Labute approximate surface area is 277 Å². The molecule has 10 heteroatoms. The van der Waals surface area contributed by atoms with Crippen LogP contribution in [0.4, 0.5) is 17.1 Å². The maximum Gasteiger partial charge on any atom is 0.254 e. The van der Waals surface area contributed by atoms with Crippen LogP contribution in [0, 0.1) is 0 Å². The Balaban J connectivity index is 1.32. The lowest BCUT2D eigenvalue weighted by molar-refractivity contribution is -0.120. The Bertz CT molecular complexity index is 1510. The van der Waals surface area contributed by atoms with Crippen molar-refractivity contribution in [2.75, 3.05) is 69.0 Å². The van der Waals surface area contributed by atoms with Crippen LogP contribution in [0.2, 0.25) is 0 Å². The molecular weight excluding hydrogens is 594 g/mol. The highest BCUT2D eigenvalue weighted by molar-refractivity contribution is 6.04. The van der Waals surface area contributed by atoms with E-state index < -0.39 is 0 Å². The highest BCUT2D eigenvalue weighted by Gasteiger charge is 2.30. The van der Waals surface area contributed by atoms with E-state index in [0.717, 1.165) is 56.4 Å². The summed E-state index contributed by atoms with van der Waals surface area (Å²) in [6.45, 7) is 3.99. The van der Waals surface area contributed by atoms with Crippen LogP contribution in [0.1, 0.15) is 48.0 Å². The van der Waals surface area contributed by atoms with Crippen LogP contribution in [-0.2, 0) is 14.3 Å². The predicted molar refractivity (Wildman–Crippen MR) is 185 cm³/mol. The number of nitrogen functional groups attached to an aromatic ring is 1. The molecule has 3 N–H and O–H groups in total. The quantitative estimate of drug-likeness (QED) is 0.210. The lowest BCUT2D eigenvalue weighted by atomic mass is 9.93. The Morgan fingerprint density at radius 3 is 2.34 bits per heavy atom. The van der Waals surface area contributed by atoms with E-state index in [9.17, 15) is 14.4 Å². The van der Waals surface area contributed by atoms with Crippen LogP contribution < -0.4 is 20.7 Å². The van der Waals surface area contributed by atoms with E-state index in [1.54, 1.807) is 54.5 Å². The molecule has 5 rings (SSSR count). The molecule has 0 aromatic heterocycles.